The molecule has 7 heavy (non-hydrogen) atoms. The molecule has 1 atom stereocenters. The van der Waals surface area contributed by atoms with E-state index in [2.05, 4.69) is 12.4 Å². The van der Waals surface area contributed by atoms with Crippen LogP contribution in [0.3, 0.4) is 0 Å². The van der Waals surface area contributed by atoms with Gasteiger partial charge in [-0.05, 0) is 0 Å². The molecule has 0 bridgehead atoms. The molecule has 0 aliphatic carbocycles. The molecule has 0 saturated heterocycles. The number of hydrogen-bond donors (Lipinski definition) is 1. The van der Waals surface area contributed by atoms with E-state index in [1.54, 1.807) is 6.92 Å². The van der Waals surface area contributed by atoms with Crippen LogP contribution in [0.4, 0.5) is 0 Å². The fourth-order valence-corrected chi connectivity index (χ4v) is 0. The Kier molecular flexibility index (Phi) is 25.2. The normalized spacial score (nSPS) is 10.7. The second-order valence-electron chi connectivity index (χ2n) is 0.926. The molecule has 2 radical (unpaired) electrons. The van der Waals surface area contributed by atoms with Crippen LogP contribution in [0.1, 0.15) is 6.92 Å². The average Bonchev–Trinajstić information content (AvgIpc) is 1.38. The molecule has 0 aromatic rings. The van der Waals surface area contributed by atoms with Crippen LogP contribution >= 0.6 is 0 Å². The third-order valence-electron chi connectivity index (χ3n) is 0.306. The predicted octanol–water partition coefficient (Wildman–Crippen LogP) is 0.761. The van der Waals surface area contributed by atoms with Crippen molar-refractivity contribution in [3.8, 4) is 0 Å². The largest absolute Gasteiger partial charge is 0.665 e. The molecule has 0 aliphatic heterocycles. The van der Waals surface area contributed by atoms with Gasteiger partial charge in [-0.25, -0.2) is 0 Å². The van der Waals surface area contributed by atoms with E-state index >= 15 is 0 Å². The maximum absolute atomic E-state index is 6.65. The van der Waals surface area contributed by atoms with Gasteiger partial charge >= 0.3 is 0 Å². The second kappa shape index (κ2) is 11.0. The summed E-state index contributed by atoms with van der Waals surface area (Å²) < 4.78 is 0. The Balaban J connectivity index is -0.0000000800. The first-order chi connectivity index (χ1) is 2.27. The van der Waals surface area contributed by atoms with Crippen molar-refractivity contribution in [2.24, 2.45) is 0 Å². The zero-order chi connectivity index (χ0) is 4.28. The summed E-state index contributed by atoms with van der Waals surface area (Å²) in [5, 5.41) is 2.44. The van der Waals surface area contributed by atoms with Gasteiger partial charge in [0.05, 0.1) is 0 Å². The first-order valence-electron chi connectivity index (χ1n) is 1.51. The summed E-state index contributed by atoms with van der Waals surface area (Å²) in [7, 11) is 3.25. The van der Waals surface area contributed by atoms with Gasteiger partial charge < -0.3 is 11.1 Å². The molecular weight excluding hydrogens is 242 g/mol. The van der Waals surface area contributed by atoms with E-state index in [1.807, 2.05) is 0 Å². The minimum absolute atomic E-state index is 0. The SMILES string of the molecule is [CH2-]NC(C)[NH-].[Y].[Y]. The molecule has 0 amide bonds. The van der Waals surface area contributed by atoms with Gasteiger partial charge in [-0.2, -0.15) is 0 Å². The van der Waals surface area contributed by atoms with E-state index in [-0.39, 0.29) is 71.6 Å². The van der Waals surface area contributed by atoms with Crippen molar-refractivity contribution in [3.63, 3.8) is 0 Å². The number of nitrogens with one attached hydrogen (secondary N) is 2. The third-order valence-corrected chi connectivity index (χ3v) is 0.306. The molecule has 4 heteroatoms. The molecule has 0 aromatic carbocycles. The minimum Gasteiger partial charge on any atom is -0.665 e. The number of hydrogen-bond acceptors (Lipinski definition) is 1. The second-order valence-corrected chi connectivity index (χ2v) is 0.926. The molecule has 0 aromatic heterocycles. The van der Waals surface area contributed by atoms with Crippen LogP contribution in [0.15, 0.2) is 0 Å². The fourth-order valence-electron chi connectivity index (χ4n) is 0. The van der Waals surface area contributed by atoms with Gasteiger partial charge in [0.15, 0.2) is 0 Å². The maximum atomic E-state index is 6.65. The van der Waals surface area contributed by atoms with E-state index in [0.29, 0.717) is 0 Å². The van der Waals surface area contributed by atoms with Crippen molar-refractivity contribution in [1.29, 1.82) is 0 Å². The Morgan fingerprint density at radius 1 is 1.57 bits per heavy atom. The van der Waals surface area contributed by atoms with Crippen LogP contribution in [0.5, 0.6) is 0 Å². The van der Waals surface area contributed by atoms with Crippen LogP contribution in [-0.2, 0) is 65.4 Å². The molecule has 2 N–H and O–H groups in total. The smallest absolute Gasteiger partial charge is 0 e. The van der Waals surface area contributed by atoms with Crippen molar-refractivity contribution < 1.29 is 65.4 Å². The first kappa shape index (κ1) is 16.1. The monoisotopic (exact) mass is 250 g/mol. The van der Waals surface area contributed by atoms with E-state index in [0.717, 1.165) is 0 Å². The third kappa shape index (κ3) is 17.9. The molecule has 2 nitrogen and oxygen atoms in total. The Morgan fingerprint density at radius 3 is 1.71 bits per heavy atom. The molecule has 1 unspecified atom stereocenters. The summed E-state index contributed by atoms with van der Waals surface area (Å²) >= 11 is 0. The zero-order valence-electron chi connectivity index (χ0n) is 4.44. The Bertz CT molecular complexity index is 24.9. The van der Waals surface area contributed by atoms with E-state index in [9.17, 15) is 0 Å². The average molecular weight is 250 g/mol. The van der Waals surface area contributed by atoms with Crippen molar-refractivity contribution in [1.82, 2.24) is 5.32 Å². The van der Waals surface area contributed by atoms with Gasteiger partial charge in [0.1, 0.15) is 0 Å². The zero-order valence-corrected chi connectivity index (χ0v) is 10.1. The molecule has 0 rings (SSSR count). The molecule has 0 spiro atoms. The Labute approximate surface area is 95.1 Å². The Hall–Kier alpha value is 2.13. The van der Waals surface area contributed by atoms with Gasteiger partial charge in [0.2, 0.25) is 0 Å². The predicted molar refractivity (Wildman–Crippen MR) is 22.3 cm³/mol. The van der Waals surface area contributed by atoms with Crippen molar-refractivity contribution in [3.05, 3.63) is 12.8 Å². The molecule has 0 fully saturated rings. The quantitative estimate of drug-likeness (QED) is 0.685. The molecular formula is C3H8N2Y2-2. The van der Waals surface area contributed by atoms with Gasteiger partial charge in [-0.3, -0.25) is 7.05 Å². The van der Waals surface area contributed by atoms with Gasteiger partial charge in [-0.1, -0.05) is 6.92 Å². The van der Waals surface area contributed by atoms with E-state index < -0.39 is 0 Å². The van der Waals surface area contributed by atoms with Gasteiger partial charge in [-0.15, -0.1) is 6.17 Å². The summed E-state index contributed by atoms with van der Waals surface area (Å²) in [4.78, 5) is 0. The summed E-state index contributed by atoms with van der Waals surface area (Å²) in [5.41, 5.74) is 6.65. The molecule has 38 valence electrons. The van der Waals surface area contributed by atoms with E-state index in [4.69, 9.17) is 5.73 Å². The summed E-state index contributed by atoms with van der Waals surface area (Å²) in [6, 6.07) is 0. The van der Waals surface area contributed by atoms with Crippen molar-refractivity contribution >= 4 is 0 Å². The standard InChI is InChI=1S/C3H8N2.2Y/c1-3(4)5-2;;/h3-5H,2H2,1H3;;/q-2;;. The fraction of sp³-hybridized carbons (Fsp3) is 0.667. The van der Waals surface area contributed by atoms with Crippen LogP contribution in [0.25, 0.3) is 5.73 Å². The van der Waals surface area contributed by atoms with Crippen molar-refractivity contribution in [2.75, 3.05) is 0 Å². The Morgan fingerprint density at radius 2 is 1.71 bits per heavy atom. The molecule has 0 aliphatic rings. The van der Waals surface area contributed by atoms with Crippen LogP contribution < -0.4 is 5.32 Å². The van der Waals surface area contributed by atoms with Crippen LogP contribution in [0, 0.1) is 7.05 Å². The van der Waals surface area contributed by atoms with Crippen LogP contribution in [0.2, 0.25) is 0 Å². The van der Waals surface area contributed by atoms with E-state index in [1.165, 1.54) is 0 Å². The van der Waals surface area contributed by atoms with Crippen molar-refractivity contribution in [2.45, 2.75) is 13.1 Å². The summed E-state index contributed by atoms with van der Waals surface area (Å²) in [6.45, 7) is 1.72. The number of rotatable bonds is 1. The molecule has 0 saturated carbocycles. The molecule has 0 heterocycles. The minimum atomic E-state index is -0.227. The maximum Gasteiger partial charge on any atom is 0 e. The van der Waals surface area contributed by atoms with Gasteiger partial charge in [0, 0.05) is 65.4 Å². The summed E-state index contributed by atoms with van der Waals surface area (Å²) in [6.07, 6.45) is -0.227. The summed E-state index contributed by atoms with van der Waals surface area (Å²) in [5.74, 6) is 0. The van der Waals surface area contributed by atoms with Crippen LogP contribution in [-0.4, -0.2) is 6.17 Å². The first-order valence-corrected chi connectivity index (χ1v) is 1.51. The topological polar surface area (TPSA) is 35.8 Å². The van der Waals surface area contributed by atoms with Gasteiger partial charge in [0.25, 0.3) is 0 Å².